The number of nitrogen functional groups attached to an aromatic ring is 1. The van der Waals surface area contributed by atoms with Gasteiger partial charge < -0.3 is 20.8 Å². The highest BCUT2D eigenvalue weighted by Gasteiger charge is 2.16. The third-order valence-electron chi connectivity index (χ3n) is 4.96. The Balaban J connectivity index is 1.53. The van der Waals surface area contributed by atoms with Crippen molar-refractivity contribution in [1.82, 2.24) is 25.5 Å². The molecule has 26 heavy (non-hydrogen) atoms. The van der Waals surface area contributed by atoms with E-state index in [2.05, 4.69) is 43.7 Å². The van der Waals surface area contributed by atoms with E-state index in [9.17, 15) is 0 Å². The largest absolute Gasteiger partial charge is 0.383 e. The second-order valence-corrected chi connectivity index (χ2v) is 6.71. The molecule has 0 radical (unpaired) electrons. The summed E-state index contributed by atoms with van der Waals surface area (Å²) in [6.07, 6.45) is 2.87. The molecule has 4 heterocycles. The third-order valence-corrected chi connectivity index (χ3v) is 4.96. The summed E-state index contributed by atoms with van der Waals surface area (Å²) < 4.78 is 5.41. The highest BCUT2D eigenvalue weighted by Crippen LogP contribution is 2.30. The topological polar surface area (TPSA) is 105 Å². The number of nitrogens with one attached hydrogen (secondary N) is 3. The van der Waals surface area contributed by atoms with E-state index in [4.69, 9.17) is 10.5 Å². The predicted molar refractivity (Wildman–Crippen MR) is 102 cm³/mol. The Labute approximate surface area is 150 Å². The van der Waals surface area contributed by atoms with Gasteiger partial charge in [-0.2, -0.15) is 5.10 Å². The van der Waals surface area contributed by atoms with Gasteiger partial charge in [-0.1, -0.05) is 12.1 Å². The van der Waals surface area contributed by atoms with Crippen molar-refractivity contribution in [2.75, 3.05) is 18.9 Å². The number of hydrogen-bond acceptors (Lipinski definition) is 5. The molecule has 0 bridgehead atoms. The van der Waals surface area contributed by atoms with E-state index >= 15 is 0 Å². The van der Waals surface area contributed by atoms with Crippen LogP contribution in [0.25, 0.3) is 33.1 Å². The van der Waals surface area contributed by atoms with E-state index in [1.165, 1.54) is 0 Å². The molecular weight excluding hydrogens is 328 g/mol. The van der Waals surface area contributed by atoms with Crippen LogP contribution in [0.5, 0.6) is 0 Å². The van der Waals surface area contributed by atoms with E-state index in [0.717, 1.165) is 64.9 Å². The highest BCUT2D eigenvalue weighted by molar-refractivity contribution is 6.08. The molecule has 5 N–H and O–H groups in total. The third kappa shape index (κ3) is 2.61. The number of aromatic nitrogens is 4. The maximum absolute atomic E-state index is 6.23. The minimum atomic E-state index is 0.421. The summed E-state index contributed by atoms with van der Waals surface area (Å²) in [6.45, 7) is 2.38. The molecule has 1 atom stereocenters. The summed E-state index contributed by atoms with van der Waals surface area (Å²) in [7, 11) is 0. The molecule has 0 saturated carbocycles. The molecule has 0 amide bonds. The Bertz CT molecular complexity index is 1060. The average molecular weight is 348 g/mol. The van der Waals surface area contributed by atoms with Crippen molar-refractivity contribution in [1.29, 1.82) is 0 Å². The molecule has 4 aromatic rings. The Morgan fingerprint density at radius 1 is 1.23 bits per heavy atom. The normalized spacial score (nSPS) is 17.5. The summed E-state index contributed by atoms with van der Waals surface area (Å²) >= 11 is 0. The Morgan fingerprint density at radius 3 is 3.00 bits per heavy atom. The first-order chi connectivity index (χ1) is 12.8. The minimum absolute atomic E-state index is 0.421. The molecule has 5 rings (SSSR count). The molecule has 7 heteroatoms. The Kier molecular flexibility index (Phi) is 3.62. The lowest BCUT2D eigenvalue weighted by Gasteiger charge is -2.08. The number of fused-ring (bicyclic) bond motifs is 3. The van der Waals surface area contributed by atoms with Gasteiger partial charge in [-0.25, -0.2) is 4.98 Å². The molecule has 7 nitrogen and oxygen atoms in total. The molecule has 3 aromatic heterocycles. The van der Waals surface area contributed by atoms with Gasteiger partial charge in [0.25, 0.3) is 0 Å². The van der Waals surface area contributed by atoms with Gasteiger partial charge in [0.1, 0.15) is 5.82 Å². The number of nitrogens with zero attached hydrogens (tertiary/aromatic N) is 2. The number of aromatic amines is 2. The van der Waals surface area contributed by atoms with Crippen molar-refractivity contribution in [2.24, 2.45) is 0 Å². The summed E-state index contributed by atoms with van der Waals surface area (Å²) in [5.41, 5.74) is 11.1. The first-order valence-corrected chi connectivity index (χ1v) is 8.80. The van der Waals surface area contributed by atoms with Crippen LogP contribution >= 0.6 is 0 Å². The van der Waals surface area contributed by atoms with Crippen molar-refractivity contribution in [3.63, 3.8) is 0 Å². The zero-order valence-corrected chi connectivity index (χ0v) is 14.2. The number of rotatable bonds is 4. The van der Waals surface area contributed by atoms with Crippen LogP contribution in [0.1, 0.15) is 12.1 Å². The lowest BCUT2D eigenvalue weighted by Crippen LogP contribution is -2.28. The average Bonchev–Trinajstić information content (AvgIpc) is 3.40. The molecule has 1 fully saturated rings. The van der Waals surface area contributed by atoms with Crippen LogP contribution in [0.4, 0.5) is 5.82 Å². The standard InChI is InChI=1S/C19H20N6O/c20-19-15-8-13(9-21-12-4-6-26-10-12)23-18(15)14-2-1-11(7-17(14)24-19)16-3-5-22-25-16/h1-3,5,7-8,12,21,23H,4,6,9-10H2,(H2,20,24)(H,22,25)/t12-/m1/s1. The molecule has 0 aliphatic carbocycles. The van der Waals surface area contributed by atoms with Crippen LogP contribution in [0.15, 0.2) is 36.5 Å². The lowest BCUT2D eigenvalue weighted by molar-refractivity contribution is 0.189. The van der Waals surface area contributed by atoms with Crippen LogP contribution in [0, 0.1) is 0 Å². The van der Waals surface area contributed by atoms with Crippen LogP contribution in [-0.4, -0.2) is 39.4 Å². The quantitative estimate of drug-likeness (QED) is 0.454. The second kappa shape index (κ2) is 6.12. The second-order valence-electron chi connectivity index (χ2n) is 6.71. The van der Waals surface area contributed by atoms with Crippen molar-refractivity contribution in [3.05, 3.63) is 42.2 Å². The van der Waals surface area contributed by atoms with Gasteiger partial charge in [-0.05, 0) is 24.6 Å². The first kappa shape index (κ1) is 15.4. The van der Waals surface area contributed by atoms with Crippen LogP contribution in [0.2, 0.25) is 0 Å². The highest BCUT2D eigenvalue weighted by atomic mass is 16.5. The smallest absolute Gasteiger partial charge is 0.133 e. The Morgan fingerprint density at radius 2 is 2.19 bits per heavy atom. The number of H-pyrrole nitrogens is 2. The van der Waals surface area contributed by atoms with Crippen LogP contribution in [-0.2, 0) is 11.3 Å². The van der Waals surface area contributed by atoms with E-state index < -0.39 is 0 Å². The minimum Gasteiger partial charge on any atom is -0.383 e. The number of nitrogens with two attached hydrogens (primary N) is 1. The SMILES string of the molecule is Nc1nc2cc(-c3cc[nH]n3)ccc2c2[nH]c(CN[C@@H]3CCOC3)cc12. The lowest BCUT2D eigenvalue weighted by atomic mass is 10.1. The maximum atomic E-state index is 6.23. The van der Waals surface area contributed by atoms with E-state index in [1.54, 1.807) is 0 Å². The van der Waals surface area contributed by atoms with Gasteiger partial charge >= 0.3 is 0 Å². The van der Waals surface area contributed by atoms with E-state index in [0.29, 0.717) is 11.9 Å². The molecule has 1 aliphatic heterocycles. The molecular formula is C19H20N6O. The zero-order valence-electron chi connectivity index (χ0n) is 14.2. The number of benzene rings is 1. The molecule has 1 aromatic carbocycles. The van der Waals surface area contributed by atoms with Crippen molar-refractivity contribution >= 4 is 27.6 Å². The molecule has 132 valence electrons. The molecule has 1 aliphatic rings. The number of ether oxygens (including phenoxy) is 1. The van der Waals surface area contributed by atoms with Crippen molar-refractivity contribution in [3.8, 4) is 11.3 Å². The maximum Gasteiger partial charge on any atom is 0.133 e. The molecule has 1 saturated heterocycles. The van der Waals surface area contributed by atoms with Gasteiger partial charge in [-0.3, -0.25) is 5.10 Å². The predicted octanol–water partition coefficient (Wildman–Crippen LogP) is 2.57. The van der Waals surface area contributed by atoms with Gasteiger partial charge in [0, 0.05) is 47.4 Å². The Hall–Kier alpha value is -2.90. The van der Waals surface area contributed by atoms with Gasteiger partial charge in [0.05, 0.1) is 23.3 Å². The van der Waals surface area contributed by atoms with Gasteiger partial charge in [-0.15, -0.1) is 0 Å². The van der Waals surface area contributed by atoms with Crippen LogP contribution in [0.3, 0.4) is 0 Å². The van der Waals surface area contributed by atoms with Crippen LogP contribution < -0.4 is 11.1 Å². The monoisotopic (exact) mass is 348 g/mol. The number of pyridine rings is 1. The van der Waals surface area contributed by atoms with E-state index in [1.807, 2.05) is 18.3 Å². The number of hydrogen-bond donors (Lipinski definition) is 4. The fourth-order valence-electron chi connectivity index (χ4n) is 3.58. The summed E-state index contributed by atoms with van der Waals surface area (Å²) in [4.78, 5) is 8.12. The van der Waals surface area contributed by atoms with Gasteiger partial charge in [0.2, 0.25) is 0 Å². The molecule has 0 spiro atoms. The summed E-state index contributed by atoms with van der Waals surface area (Å²) in [6, 6.07) is 10.6. The molecule has 0 unspecified atom stereocenters. The zero-order chi connectivity index (χ0) is 17.5. The fraction of sp³-hybridized carbons (Fsp3) is 0.263. The van der Waals surface area contributed by atoms with Gasteiger partial charge in [0.15, 0.2) is 0 Å². The first-order valence-electron chi connectivity index (χ1n) is 8.80. The fourth-order valence-corrected chi connectivity index (χ4v) is 3.58. The van der Waals surface area contributed by atoms with Crippen molar-refractivity contribution in [2.45, 2.75) is 19.0 Å². The van der Waals surface area contributed by atoms with Crippen molar-refractivity contribution < 1.29 is 4.74 Å². The summed E-state index contributed by atoms with van der Waals surface area (Å²) in [5, 5.41) is 12.6. The van der Waals surface area contributed by atoms with E-state index in [-0.39, 0.29) is 0 Å². The summed E-state index contributed by atoms with van der Waals surface area (Å²) in [5.74, 6) is 0.540. The number of anilines is 1.